The summed E-state index contributed by atoms with van der Waals surface area (Å²) in [5.74, 6) is 0. The monoisotopic (exact) mass is 730 g/mol. The van der Waals surface area contributed by atoms with E-state index < -0.39 is 0 Å². The summed E-state index contributed by atoms with van der Waals surface area (Å²) >= 11 is 0. The number of aromatic nitrogens is 2. The second-order valence-electron chi connectivity index (χ2n) is 14.1. The minimum Gasteiger partial charge on any atom is -0.401 e. The molecule has 0 fully saturated rings. The molecular formula is C50H46N6. The van der Waals surface area contributed by atoms with Gasteiger partial charge in [0.1, 0.15) is 0 Å². The molecule has 0 bridgehead atoms. The molecular weight excluding hydrogens is 685 g/mol. The maximum absolute atomic E-state index is 6.47. The zero-order valence-electron chi connectivity index (χ0n) is 31.7. The van der Waals surface area contributed by atoms with Crippen molar-refractivity contribution in [1.82, 2.24) is 20.0 Å². The molecule has 1 unspecified atom stereocenters. The normalized spacial score (nSPS) is 12.6. The summed E-state index contributed by atoms with van der Waals surface area (Å²) in [4.78, 5) is 0. The molecule has 0 spiro atoms. The fourth-order valence-electron chi connectivity index (χ4n) is 7.42. The van der Waals surface area contributed by atoms with Crippen LogP contribution in [-0.4, -0.2) is 15.7 Å². The van der Waals surface area contributed by atoms with E-state index in [4.69, 9.17) is 11.5 Å². The van der Waals surface area contributed by atoms with Crippen molar-refractivity contribution in [1.29, 1.82) is 0 Å². The number of nitrogens with one attached hydrogen (secondary N) is 2. The van der Waals surface area contributed by atoms with Gasteiger partial charge in [0, 0.05) is 45.2 Å². The molecule has 0 radical (unpaired) electrons. The average molecular weight is 731 g/mol. The zero-order valence-corrected chi connectivity index (χ0v) is 31.7. The quantitative estimate of drug-likeness (QED) is 0.0677. The van der Waals surface area contributed by atoms with Crippen LogP contribution in [0.4, 0.5) is 0 Å². The molecule has 1 atom stereocenters. The van der Waals surface area contributed by atoms with Gasteiger partial charge < -0.3 is 20.6 Å². The van der Waals surface area contributed by atoms with Gasteiger partial charge >= 0.3 is 0 Å². The summed E-state index contributed by atoms with van der Waals surface area (Å²) in [5, 5.41) is 4.93. The van der Waals surface area contributed by atoms with Gasteiger partial charge in [0.05, 0.1) is 28.2 Å². The number of benzene rings is 7. The molecule has 6 heteroatoms. The van der Waals surface area contributed by atoms with Gasteiger partial charge in [-0.15, -0.1) is 0 Å². The van der Waals surface area contributed by atoms with Gasteiger partial charge in [0.25, 0.3) is 0 Å². The van der Waals surface area contributed by atoms with E-state index in [-0.39, 0.29) is 6.17 Å². The fourth-order valence-corrected chi connectivity index (χ4v) is 7.42. The molecule has 0 aliphatic rings. The lowest BCUT2D eigenvalue weighted by Gasteiger charge is -2.16. The van der Waals surface area contributed by atoms with Crippen LogP contribution >= 0.6 is 0 Å². The first-order chi connectivity index (χ1) is 27.5. The van der Waals surface area contributed by atoms with Crippen molar-refractivity contribution >= 4 is 49.3 Å². The van der Waals surface area contributed by atoms with E-state index in [1.54, 1.807) is 0 Å². The van der Waals surface area contributed by atoms with Crippen molar-refractivity contribution in [3.63, 3.8) is 0 Å². The number of para-hydroxylation sites is 3. The molecule has 56 heavy (non-hydrogen) atoms. The summed E-state index contributed by atoms with van der Waals surface area (Å²) in [6.07, 6.45) is 3.67. The Balaban J connectivity index is 0.000000570. The van der Waals surface area contributed by atoms with Crippen molar-refractivity contribution in [2.75, 3.05) is 6.54 Å². The third-order valence-electron chi connectivity index (χ3n) is 10.2. The number of aryl methyl sites for hydroxylation is 1. The number of nitrogens with zero attached hydrogens (tertiary/aromatic N) is 2. The van der Waals surface area contributed by atoms with Crippen LogP contribution in [0.5, 0.6) is 0 Å². The van der Waals surface area contributed by atoms with Gasteiger partial charge in [-0.2, -0.15) is 0 Å². The standard InChI is InChI=1S/C43H38N6.C7H8/c1-29(20-25-33(44)28-46-47-43(45)32-23-21-31(22-24-32)30-12-4-2-5-13-30)48-39-18-10-8-16-35(39)37-26-38-36-17-9-11-19-40(36)49(42(38)27-41(37)48)34-14-6-3-7-15-34;1-7-5-3-2-4-6-7/h2-27,43,46-47H,28,44-45H2,1H3;2-6H,1H3/b29-20+,33-25-;. The van der Waals surface area contributed by atoms with E-state index in [0.717, 1.165) is 33.5 Å². The summed E-state index contributed by atoms with van der Waals surface area (Å²) in [6.45, 7) is 4.65. The van der Waals surface area contributed by atoms with Crippen LogP contribution < -0.4 is 22.3 Å². The highest BCUT2D eigenvalue weighted by Crippen LogP contribution is 2.39. The highest BCUT2D eigenvalue weighted by atomic mass is 15.4. The van der Waals surface area contributed by atoms with Crippen LogP contribution in [0, 0.1) is 6.92 Å². The first-order valence-corrected chi connectivity index (χ1v) is 19.0. The fraction of sp³-hybridized carbons (Fsp3) is 0.0800. The predicted octanol–water partition coefficient (Wildman–Crippen LogP) is 11.0. The number of rotatable bonds is 9. The van der Waals surface area contributed by atoms with Crippen molar-refractivity contribution < 1.29 is 0 Å². The second-order valence-corrected chi connectivity index (χ2v) is 14.1. The number of hydrazine groups is 1. The molecule has 9 rings (SSSR count). The SMILES string of the molecule is C/C(=C\C=C(/N)CNNC(N)c1ccc(-c2ccccc2)cc1)n1c2ccccc2c2cc3c4ccccc4n(-c4ccccc4)c3cc21.Cc1ccccc1. The molecule has 6 N–H and O–H groups in total. The third-order valence-corrected chi connectivity index (χ3v) is 10.2. The maximum atomic E-state index is 6.47. The Hall–Kier alpha value is -6.70. The lowest BCUT2D eigenvalue weighted by molar-refractivity contribution is 0.464. The molecule has 7 aromatic carbocycles. The number of nitrogens with two attached hydrogens (primary N) is 2. The van der Waals surface area contributed by atoms with Gasteiger partial charge in [0.15, 0.2) is 0 Å². The van der Waals surface area contributed by atoms with Crippen LogP contribution in [0.25, 0.3) is 66.1 Å². The van der Waals surface area contributed by atoms with Crippen molar-refractivity contribution in [3.05, 3.63) is 205 Å². The topological polar surface area (TPSA) is 86.0 Å². The van der Waals surface area contributed by atoms with Crippen molar-refractivity contribution in [2.24, 2.45) is 11.5 Å². The Morgan fingerprint density at radius 1 is 0.571 bits per heavy atom. The van der Waals surface area contributed by atoms with E-state index in [0.29, 0.717) is 12.2 Å². The maximum Gasteiger partial charge on any atom is 0.0938 e. The van der Waals surface area contributed by atoms with Gasteiger partial charge in [-0.25, -0.2) is 5.43 Å². The Morgan fingerprint density at radius 3 is 1.79 bits per heavy atom. The second kappa shape index (κ2) is 16.3. The first-order valence-electron chi connectivity index (χ1n) is 19.0. The average Bonchev–Trinajstić information content (AvgIpc) is 3.75. The number of fused-ring (bicyclic) bond motifs is 6. The summed E-state index contributed by atoms with van der Waals surface area (Å²) in [6, 6.07) is 61.4. The van der Waals surface area contributed by atoms with Crippen molar-refractivity contribution in [2.45, 2.75) is 20.0 Å². The minimum absolute atomic E-state index is 0.379. The molecule has 2 aromatic heterocycles. The van der Waals surface area contributed by atoms with Crippen LogP contribution in [0.15, 0.2) is 194 Å². The first kappa shape index (κ1) is 36.3. The molecule has 6 nitrogen and oxygen atoms in total. The van der Waals surface area contributed by atoms with E-state index in [1.807, 2.05) is 54.6 Å². The highest BCUT2D eigenvalue weighted by Gasteiger charge is 2.18. The largest absolute Gasteiger partial charge is 0.401 e. The summed E-state index contributed by atoms with van der Waals surface area (Å²) in [7, 11) is 0. The molecule has 0 aliphatic heterocycles. The Bertz CT molecular complexity index is 2800. The Kier molecular flexibility index (Phi) is 10.6. The smallest absolute Gasteiger partial charge is 0.0938 e. The third kappa shape index (κ3) is 7.50. The lowest BCUT2D eigenvalue weighted by atomic mass is 10.0. The van der Waals surface area contributed by atoms with Crippen LogP contribution in [0.3, 0.4) is 0 Å². The van der Waals surface area contributed by atoms with Gasteiger partial charge in [-0.1, -0.05) is 145 Å². The molecule has 0 aliphatic carbocycles. The molecule has 276 valence electrons. The van der Waals surface area contributed by atoms with E-state index in [2.05, 4.69) is 167 Å². The van der Waals surface area contributed by atoms with Gasteiger partial charge in [-0.05, 0) is 79.1 Å². The number of hydrogen-bond donors (Lipinski definition) is 4. The van der Waals surface area contributed by atoms with E-state index in [9.17, 15) is 0 Å². The molecule has 0 saturated heterocycles. The Morgan fingerprint density at radius 2 is 1.12 bits per heavy atom. The van der Waals surface area contributed by atoms with Gasteiger partial charge in [0.2, 0.25) is 0 Å². The molecule has 0 saturated carbocycles. The summed E-state index contributed by atoms with van der Waals surface area (Å²) in [5.41, 5.74) is 31.5. The van der Waals surface area contributed by atoms with Crippen LogP contribution in [0.1, 0.15) is 24.2 Å². The lowest BCUT2D eigenvalue weighted by Crippen LogP contribution is -2.41. The van der Waals surface area contributed by atoms with Crippen molar-refractivity contribution in [3.8, 4) is 16.8 Å². The van der Waals surface area contributed by atoms with Crippen LogP contribution in [-0.2, 0) is 0 Å². The predicted molar refractivity (Wildman–Crippen MR) is 237 cm³/mol. The summed E-state index contributed by atoms with van der Waals surface area (Å²) < 4.78 is 4.70. The highest BCUT2D eigenvalue weighted by molar-refractivity contribution is 6.19. The van der Waals surface area contributed by atoms with Gasteiger partial charge in [-0.3, -0.25) is 5.43 Å². The number of allylic oxidation sites excluding steroid dienone is 3. The van der Waals surface area contributed by atoms with Crippen LogP contribution in [0.2, 0.25) is 0 Å². The zero-order chi connectivity index (χ0) is 38.4. The Labute approximate surface area is 328 Å². The molecule has 0 amide bonds. The molecule has 9 aromatic rings. The molecule has 2 heterocycles. The minimum atomic E-state index is -0.379. The number of hydrogen-bond acceptors (Lipinski definition) is 4. The van der Waals surface area contributed by atoms with E-state index in [1.165, 1.54) is 43.7 Å². The van der Waals surface area contributed by atoms with E-state index >= 15 is 0 Å².